The number of carbonyl (C=O) groups excluding carboxylic acids is 1. The van der Waals surface area contributed by atoms with Gasteiger partial charge in [-0.05, 0) is 11.6 Å². The largest absolute Gasteiger partial charge is 0.465 e. The first-order valence-corrected chi connectivity index (χ1v) is 5.05. The molecule has 12 heavy (non-hydrogen) atoms. The molecule has 0 saturated carbocycles. The molecule has 0 amide bonds. The van der Waals surface area contributed by atoms with Crippen molar-refractivity contribution in [2.75, 3.05) is 7.11 Å². The molecule has 0 unspecified atom stereocenters. The van der Waals surface area contributed by atoms with E-state index in [0.29, 0.717) is 15.8 Å². The van der Waals surface area contributed by atoms with Crippen LogP contribution >= 0.6 is 27.3 Å². The molecule has 0 bridgehead atoms. The highest BCUT2D eigenvalue weighted by atomic mass is 79.9. The molecule has 0 N–H and O–H groups in total. The normalized spacial score (nSPS) is 9.92. The number of esters is 1. The summed E-state index contributed by atoms with van der Waals surface area (Å²) in [6, 6.07) is 1.33. The highest BCUT2D eigenvalue weighted by Crippen LogP contribution is 2.23. The minimum Gasteiger partial charge on any atom is -0.465 e. The number of methoxy groups -OCH3 is 1. The summed E-state index contributed by atoms with van der Waals surface area (Å²) in [6.07, 6.45) is 0. The van der Waals surface area contributed by atoms with Crippen molar-refractivity contribution in [2.45, 2.75) is 5.33 Å². The van der Waals surface area contributed by atoms with Gasteiger partial charge in [0.1, 0.15) is 4.88 Å². The van der Waals surface area contributed by atoms with Gasteiger partial charge in [-0.15, -0.1) is 0 Å². The molecule has 2 nitrogen and oxygen atoms in total. The molecular weight excluding hydrogens is 247 g/mol. The summed E-state index contributed by atoms with van der Waals surface area (Å²) in [4.78, 5) is 11.3. The van der Waals surface area contributed by atoms with Gasteiger partial charge in [-0.2, -0.15) is 4.39 Å². The SMILES string of the molecule is COC(=O)c1sc(F)cc1CBr. The molecule has 0 fully saturated rings. The Morgan fingerprint density at radius 3 is 3.00 bits per heavy atom. The number of halogens is 2. The Morgan fingerprint density at radius 1 is 1.83 bits per heavy atom. The first-order valence-electron chi connectivity index (χ1n) is 3.11. The van der Waals surface area contributed by atoms with Crippen LogP contribution in [0.1, 0.15) is 15.2 Å². The van der Waals surface area contributed by atoms with E-state index in [4.69, 9.17) is 0 Å². The number of thiophene rings is 1. The van der Waals surface area contributed by atoms with Crippen LogP contribution in [0.25, 0.3) is 0 Å². The summed E-state index contributed by atoms with van der Waals surface area (Å²) >= 11 is 3.95. The lowest BCUT2D eigenvalue weighted by molar-refractivity contribution is 0.0605. The van der Waals surface area contributed by atoms with Gasteiger partial charge in [-0.25, -0.2) is 4.79 Å². The zero-order chi connectivity index (χ0) is 9.14. The quantitative estimate of drug-likeness (QED) is 0.598. The average Bonchev–Trinajstić information content (AvgIpc) is 2.45. The Kier molecular flexibility index (Phi) is 3.22. The number of alkyl halides is 1. The fraction of sp³-hybridized carbons (Fsp3) is 0.286. The Morgan fingerprint density at radius 2 is 2.50 bits per heavy atom. The van der Waals surface area contributed by atoms with Crippen molar-refractivity contribution in [1.82, 2.24) is 0 Å². The van der Waals surface area contributed by atoms with Gasteiger partial charge in [-0.3, -0.25) is 0 Å². The number of hydrogen-bond acceptors (Lipinski definition) is 3. The highest BCUT2D eigenvalue weighted by molar-refractivity contribution is 9.08. The number of hydrogen-bond donors (Lipinski definition) is 0. The first-order chi connectivity index (χ1) is 5.69. The van der Waals surface area contributed by atoms with Crippen LogP contribution < -0.4 is 0 Å². The summed E-state index contributed by atoms with van der Waals surface area (Å²) in [5.74, 6) is -0.488. The Balaban J connectivity index is 3.04. The summed E-state index contributed by atoms with van der Waals surface area (Å²) in [7, 11) is 1.28. The maximum Gasteiger partial charge on any atom is 0.348 e. The Labute approximate surface area is 81.5 Å². The van der Waals surface area contributed by atoms with Crippen LogP contribution in [0.2, 0.25) is 0 Å². The predicted molar refractivity (Wildman–Crippen MR) is 48.2 cm³/mol. The summed E-state index contributed by atoms with van der Waals surface area (Å²) in [6.45, 7) is 0. The van der Waals surface area contributed by atoms with Gasteiger partial charge in [0.25, 0.3) is 0 Å². The van der Waals surface area contributed by atoms with Crippen molar-refractivity contribution < 1.29 is 13.9 Å². The highest BCUT2D eigenvalue weighted by Gasteiger charge is 2.15. The fourth-order valence-electron chi connectivity index (χ4n) is 0.760. The van der Waals surface area contributed by atoms with E-state index in [2.05, 4.69) is 20.7 Å². The van der Waals surface area contributed by atoms with E-state index in [9.17, 15) is 9.18 Å². The van der Waals surface area contributed by atoms with Crippen molar-refractivity contribution in [3.8, 4) is 0 Å². The van der Waals surface area contributed by atoms with Gasteiger partial charge in [0, 0.05) is 5.33 Å². The van der Waals surface area contributed by atoms with Crippen LogP contribution in [0.3, 0.4) is 0 Å². The number of rotatable bonds is 2. The Bertz CT molecular complexity index is 298. The van der Waals surface area contributed by atoms with Gasteiger partial charge < -0.3 is 4.74 Å². The molecule has 1 aromatic heterocycles. The number of carbonyl (C=O) groups is 1. The fourth-order valence-corrected chi connectivity index (χ4v) is 2.21. The molecule has 0 aliphatic carbocycles. The van der Waals surface area contributed by atoms with Gasteiger partial charge in [0.05, 0.1) is 7.11 Å². The molecule has 0 aliphatic heterocycles. The molecule has 1 aromatic rings. The third-order valence-electron chi connectivity index (χ3n) is 1.29. The Hall–Kier alpha value is -0.420. The zero-order valence-corrected chi connectivity index (χ0v) is 8.67. The molecule has 0 saturated heterocycles. The van der Waals surface area contributed by atoms with Crippen LogP contribution in [-0.4, -0.2) is 13.1 Å². The monoisotopic (exact) mass is 252 g/mol. The van der Waals surface area contributed by atoms with Crippen LogP contribution in [0.4, 0.5) is 4.39 Å². The van der Waals surface area contributed by atoms with E-state index in [1.54, 1.807) is 0 Å². The zero-order valence-electron chi connectivity index (χ0n) is 6.27. The topological polar surface area (TPSA) is 26.3 Å². The van der Waals surface area contributed by atoms with E-state index in [1.165, 1.54) is 13.2 Å². The predicted octanol–water partition coefficient (Wildman–Crippen LogP) is 2.57. The van der Waals surface area contributed by atoms with Crippen LogP contribution in [-0.2, 0) is 10.1 Å². The van der Waals surface area contributed by atoms with Crippen molar-refractivity contribution in [3.05, 3.63) is 21.6 Å². The minimum absolute atomic E-state index is 0.326. The standard InChI is InChI=1S/C7H6BrFO2S/c1-11-7(10)6-4(3-8)2-5(9)12-6/h2H,3H2,1H3. The minimum atomic E-state index is -0.488. The first kappa shape index (κ1) is 9.67. The molecule has 0 aromatic carbocycles. The van der Waals surface area contributed by atoms with Gasteiger partial charge in [0.15, 0.2) is 5.13 Å². The van der Waals surface area contributed by atoms with E-state index in [1.807, 2.05) is 0 Å². The lowest BCUT2D eigenvalue weighted by atomic mass is 10.3. The van der Waals surface area contributed by atoms with Gasteiger partial charge in [-0.1, -0.05) is 27.3 Å². The smallest absolute Gasteiger partial charge is 0.348 e. The average molecular weight is 253 g/mol. The molecule has 1 heterocycles. The molecule has 0 atom stereocenters. The molecule has 5 heteroatoms. The van der Waals surface area contributed by atoms with Crippen molar-refractivity contribution in [2.24, 2.45) is 0 Å². The third kappa shape index (κ3) is 1.84. The summed E-state index contributed by atoms with van der Waals surface area (Å²) < 4.78 is 17.1. The van der Waals surface area contributed by atoms with Crippen molar-refractivity contribution >= 4 is 33.2 Å². The van der Waals surface area contributed by atoms with Crippen LogP contribution in [0.15, 0.2) is 6.07 Å². The van der Waals surface area contributed by atoms with E-state index in [0.717, 1.165) is 11.3 Å². The van der Waals surface area contributed by atoms with Crippen LogP contribution in [0.5, 0.6) is 0 Å². The second-order valence-corrected chi connectivity index (χ2v) is 3.59. The molecule has 0 aliphatic rings. The lowest BCUT2D eigenvalue weighted by Crippen LogP contribution is -2.00. The number of ether oxygens (including phenoxy) is 1. The molecular formula is C7H6BrFO2S. The van der Waals surface area contributed by atoms with E-state index >= 15 is 0 Å². The third-order valence-corrected chi connectivity index (χ3v) is 2.84. The van der Waals surface area contributed by atoms with Crippen molar-refractivity contribution in [3.63, 3.8) is 0 Å². The summed E-state index contributed by atoms with van der Waals surface area (Å²) in [5.41, 5.74) is 0.629. The van der Waals surface area contributed by atoms with Gasteiger partial charge >= 0.3 is 5.97 Å². The van der Waals surface area contributed by atoms with Crippen LogP contribution in [0, 0.1) is 5.13 Å². The van der Waals surface area contributed by atoms with Crippen molar-refractivity contribution in [1.29, 1.82) is 0 Å². The summed E-state index contributed by atoms with van der Waals surface area (Å²) in [5, 5.41) is 0.0857. The molecule has 0 radical (unpaired) electrons. The second-order valence-electron chi connectivity index (χ2n) is 2.03. The van der Waals surface area contributed by atoms with Gasteiger partial charge in [0.2, 0.25) is 0 Å². The van der Waals surface area contributed by atoms with E-state index in [-0.39, 0.29) is 5.13 Å². The molecule has 0 spiro atoms. The maximum absolute atomic E-state index is 12.7. The molecule has 1 rings (SSSR count). The maximum atomic E-state index is 12.7. The molecule has 66 valence electrons. The van der Waals surface area contributed by atoms with E-state index < -0.39 is 5.97 Å². The lowest BCUT2D eigenvalue weighted by Gasteiger charge is -1.96. The second kappa shape index (κ2) is 4.00.